The third-order valence-electron chi connectivity index (χ3n) is 3.13. The molecule has 0 amide bonds. The zero-order valence-electron chi connectivity index (χ0n) is 13.5. The Morgan fingerprint density at radius 1 is 1.00 bits per heavy atom. The van der Waals surface area contributed by atoms with Gasteiger partial charge in [0.1, 0.15) is 0 Å². The first-order valence-corrected chi connectivity index (χ1v) is 9.88. The Morgan fingerprint density at radius 2 is 1.46 bits per heavy atom. The Morgan fingerprint density at radius 3 is 1.85 bits per heavy atom. The highest BCUT2D eigenvalue weighted by Crippen LogP contribution is 2.37. The lowest BCUT2D eigenvalue weighted by Crippen LogP contribution is -2.54. The zero-order chi connectivity index (χ0) is 20.6. The largest absolute Gasteiger partial charge is 0.538 e. The summed E-state index contributed by atoms with van der Waals surface area (Å²) in [5, 5.41) is 0. The molecule has 0 fully saturated rings. The second-order valence-corrected chi connectivity index (χ2v) is 9.00. The van der Waals surface area contributed by atoms with E-state index in [1.54, 1.807) is 6.92 Å². The summed E-state index contributed by atoms with van der Waals surface area (Å²) in [6.07, 6.45) is 1.75. The summed E-state index contributed by atoms with van der Waals surface area (Å²) in [4.78, 5) is 0. The predicted octanol–water partition coefficient (Wildman–Crippen LogP) is 2.59. The first-order chi connectivity index (χ1) is 11.6. The molecule has 14 heteroatoms. The van der Waals surface area contributed by atoms with Crippen LogP contribution in [0.1, 0.15) is 25.3 Å². The maximum absolute atomic E-state index is 12.9. The summed E-state index contributed by atoms with van der Waals surface area (Å²) in [5.41, 5.74) is -12.5. The molecule has 0 aliphatic rings. The number of nitrogens with zero attached hydrogens (tertiary/aromatic N) is 2. The number of sulfonamides is 2. The van der Waals surface area contributed by atoms with Crippen molar-refractivity contribution in [2.45, 2.75) is 44.3 Å². The molecule has 0 unspecified atom stereocenters. The van der Waals surface area contributed by atoms with E-state index in [0.717, 1.165) is 6.20 Å². The van der Waals surface area contributed by atoms with Gasteiger partial charge in [0.2, 0.25) is 0 Å². The Balaban J connectivity index is 3.88. The minimum atomic E-state index is -6.89. The molecule has 0 spiro atoms. The van der Waals surface area contributed by atoms with Crippen molar-refractivity contribution >= 4 is 25.9 Å². The Bertz CT molecular complexity index is 819. The number of halogens is 6. The van der Waals surface area contributed by atoms with Crippen molar-refractivity contribution in [1.82, 2.24) is 0 Å². The summed E-state index contributed by atoms with van der Waals surface area (Å²) >= 11 is 0. The van der Waals surface area contributed by atoms with E-state index in [2.05, 4.69) is 0 Å². The van der Waals surface area contributed by atoms with Crippen LogP contribution in [0.25, 0.3) is 0 Å². The van der Waals surface area contributed by atoms with Crippen molar-refractivity contribution in [3.63, 3.8) is 0 Å². The molecule has 0 saturated carbocycles. The number of pyridine rings is 1. The van der Waals surface area contributed by atoms with Gasteiger partial charge in [-0.25, -0.2) is 4.57 Å². The van der Waals surface area contributed by atoms with Gasteiger partial charge in [0.15, 0.2) is 0 Å². The van der Waals surface area contributed by atoms with Gasteiger partial charge in [-0.15, -0.1) is 0 Å². The minimum absolute atomic E-state index is 0.0625. The predicted molar refractivity (Wildman–Crippen MR) is 78.7 cm³/mol. The average molecular weight is 429 g/mol. The van der Waals surface area contributed by atoms with Crippen LogP contribution < -0.4 is 8.28 Å². The molecule has 0 N–H and O–H groups in total. The Labute approximate surface area is 146 Å². The van der Waals surface area contributed by atoms with Crippen LogP contribution in [0, 0.1) is 6.92 Å². The molecule has 1 aromatic rings. The summed E-state index contributed by atoms with van der Waals surface area (Å²) in [6, 6.07) is 1.92. The highest BCUT2D eigenvalue weighted by molar-refractivity contribution is 8.11. The number of rotatable bonds is 6. The number of aromatic nitrogens is 1. The molecule has 6 nitrogen and oxygen atoms in total. The molecule has 1 heterocycles. The van der Waals surface area contributed by atoms with Crippen molar-refractivity contribution in [3.05, 3.63) is 23.9 Å². The highest BCUT2D eigenvalue weighted by atomic mass is 32.3. The van der Waals surface area contributed by atoms with E-state index in [-0.39, 0.29) is 18.5 Å². The van der Waals surface area contributed by atoms with Crippen LogP contribution in [-0.4, -0.2) is 27.9 Å². The van der Waals surface area contributed by atoms with Gasteiger partial charge in [0, 0.05) is 6.07 Å². The maximum Gasteiger partial charge on any atom is 0.538 e. The molecule has 0 radical (unpaired) electrons. The van der Waals surface area contributed by atoms with Crippen LogP contribution in [0.15, 0.2) is 18.3 Å². The van der Waals surface area contributed by atoms with E-state index in [1.165, 1.54) is 13.0 Å². The Kier molecular flexibility index (Phi) is 6.23. The molecule has 150 valence electrons. The summed E-state index contributed by atoms with van der Waals surface area (Å²) in [6.45, 7) is 2.74. The fraction of sp³-hybridized carbons (Fsp3) is 0.583. The van der Waals surface area contributed by atoms with Gasteiger partial charge >= 0.3 is 36.9 Å². The lowest BCUT2D eigenvalue weighted by atomic mass is 10.2. The van der Waals surface area contributed by atoms with Crippen LogP contribution in [0.2, 0.25) is 0 Å². The maximum atomic E-state index is 12.9. The van der Waals surface area contributed by atoms with Crippen molar-refractivity contribution in [2.24, 2.45) is 0 Å². The second-order valence-electron chi connectivity index (χ2n) is 5.21. The third-order valence-corrected chi connectivity index (χ3v) is 6.72. The lowest BCUT2D eigenvalue weighted by molar-refractivity contribution is -0.684. The van der Waals surface area contributed by atoms with Gasteiger partial charge in [-0.1, -0.05) is 13.3 Å². The lowest BCUT2D eigenvalue weighted by Gasteiger charge is -2.20. The first-order valence-electron chi connectivity index (χ1n) is 7.00. The molecular weight excluding hydrogens is 414 g/mol. The van der Waals surface area contributed by atoms with Crippen LogP contribution >= 0.6 is 0 Å². The van der Waals surface area contributed by atoms with E-state index < -0.39 is 40.6 Å². The Hall–Kier alpha value is -1.57. The second kappa shape index (κ2) is 7.21. The summed E-state index contributed by atoms with van der Waals surface area (Å²) in [5.74, 6) is -1.27. The van der Waals surface area contributed by atoms with Crippen LogP contribution in [-0.2, 0) is 26.6 Å². The molecule has 0 aliphatic heterocycles. The van der Waals surface area contributed by atoms with Gasteiger partial charge < -0.3 is 0 Å². The molecular formula is C12H15F6N2O4S2+. The smallest absolute Gasteiger partial charge is 0.233 e. The highest BCUT2D eigenvalue weighted by Gasteiger charge is 2.67. The normalized spacial score (nSPS) is 13.7. The molecule has 0 bridgehead atoms. The number of aryl methyl sites for hydroxylation is 2. The van der Waals surface area contributed by atoms with Gasteiger partial charge in [-0.2, -0.15) is 43.2 Å². The number of unbranched alkanes of at least 4 members (excludes halogenated alkanes) is 1. The molecule has 0 aromatic carbocycles. The van der Waals surface area contributed by atoms with Crippen molar-refractivity contribution in [1.29, 1.82) is 0 Å². The summed E-state index contributed by atoms with van der Waals surface area (Å²) < 4.78 is 123. The van der Waals surface area contributed by atoms with Gasteiger partial charge in [-0.3, -0.25) is 0 Å². The number of hydrogen-bond donors (Lipinski definition) is 0. The van der Waals surface area contributed by atoms with E-state index in [1.807, 2.05) is 0 Å². The fourth-order valence-electron chi connectivity index (χ4n) is 1.86. The summed E-state index contributed by atoms with van der Waals surface area (Å²) in [7, 11) is -13.8. The molecule has 0 saturated heterocycles. The van der Waals surface area contributed by atoms with Gasteiger partial charge in [-0.05, 0) is 28.7 Å². The van der Waals surface area contributed by atoms with E-state index in [9.17, 15) is 43.2 Å². The minimum Gasteiger partial charge on any atom is -0.233 e. The molecule has 1 rings (SSSR count). The van der Waals surface area contributed by atoms with Gasteiger partial charge in [0.05, 0.1) is 12.7 Å². The van der Waals surface area contributed by atoms with Crippen LogP contribution in [0.5, 0.6) is 0 Å². The third kappa shape index (κ3) is 4.22. The average Bonchev–Trinajstić information content (AvgIpc) is 2.43. The van der Waals surface area contributed by atoms with E-state index in [4.69, 9.17) is 0 Å². The van der Waals surface area contributed by atoms with Crippen molar-refractivity contribution < 1.29 is 47.7 Å². The first kappa shape index (κ1) is 22.5. The molecule has 0 atom stereocenters. The SMILES string of the molecule is CCCC[n+]1ccc(C)cc1N(S(=O)(=O)C(F)(F)F)S(=O)(=O)C(F)(F)F. The fourth-order valence-corrected chi connectivity index (χ4v) is 4.58. The van der Waals surface area contributed by atoms with Crippen molar-refractivity contribution in [2.75, 3.05) is 3.71 Å². The number of alkyl halides is 6. The van der Waals surface area contributed by atoms with Crippen LogP contribution in [0.4, 0.5) is 32.2 Å². The van der Waals surface area contributed by atoms with E-state index in [0.29, 0.717) is 17.1 Å². The topological polar surface area (TPSA) is 75.4 Å². The monoisotopic (exact) mass is 429 g/mol. The molecule has 26 heavy (non-hydrogen) atoms. The standard InChI is InChI=1S/C12H15F6N2O4S2/c1-3-4-6-19-7-5-9(2)8-10(19)20(25(21,22)11(13,14)15)26(23,24)12(16,17)18/h5,7-8H,3-4,6H2,1-2H3/q+1. The number of anilines is 1. The van der Waals surface area contributed by atoms with Crippen LogP contribution in [0.3, 0.4) is 0 Å². The van der Waals surface area contributed by atoms with E-state index >= 15 is 0 Å². The molecule has 1 aromatic heterocycles. The van der Waals surface area contributed by atoms with Crippen molar-refractivity contribution in [3.8, 4) is 0 Å². The number of hydrogen-bond acceptors (Lipinski definition) is 4. The quantitative estimate of drug-likeness (QED) is 0.515. The molecule has 0 aliphatic carbocycles. The zero-order valence-corrected chi connectivity index (χ0v) is 15.1. The van der Waals surface area contributed by atoms with Gasteiger partial charge in [0.25, 0.3) is 0 Å².